The van der Waals surface area contributed by atoms with Gasteiger partial charge in [-0.25, -0.2) is 34.9 Å². The van der Waals surface area contributed by atoms with Crippen LogP contribution in [0.5, 0.6) is 0 Å². The van der Waals surface area contributed by atoms with Crippen molar-refractivity contribution in [3.63, 3.8) is 0 Å². The fourth-order valence-electron chi connectivity index (χ4n) is 10.4. The van der Waals surface area contributed by atoms with Gasteiger partial charge in [-0.15, -0.1) is 0 Å². The Morgan fingerprint density at radius 1 is 0.432 bits per heavy atom. The number of halogens is 6. The summed E-state index contributed by atoms with van der Waals surface area (Å²) in [6.07, 6.45) is 30.3. The second-order valence-electron chi connectivity index (χ2n) is 28.1. The number of hydrogen-bond acceptors (Lipinski definition) is 18. The van der Waals surface area contributed by atoms with Crippen LogP contribution in [-0.2, 0) is 23.4 Å². The monoisotopic (exact) mass is 1670 g/mol. The number of nitrogens with one attached hydrogen (secondary N) is 2. The molecule has 0 atom stereocenters. The molecule has 2 N–H and O–H groups in total. The summed E-state index contributed by atoms with van der Waals surface area (Å²) >= 11 is 5.04. The van der Waals surface area contributed by atoms with Crippen molar-refractivity contribution in [1.82, 2.24) is 69.8 Å². The first kappa shape index (κ1) is 82.6. The van der Waals surface area contributed by atoms with E-state index in [1.54, 1.807) is 105 Å². The highest BCUT2D eigenvalue weighted by atomic mass is 127. The minimum Gasteiger partial charge on any atom is -0.399 e. The summed E-state index contributed by atoms with van der Waals surface area (Å²) in [5, 5.41) is 5.05. The number of H-pyrrole nitrogens is 1. The van der Waals surface area contributed by atoms with E-state index in [1.165, 1.54) is 36.9 Å². The largest absolute Gasteiger partial charge is 0.498 e. The summed E-state index contributed by atoms with van der Waals surface area (Å²) < 4.78 is 76.5. The topological polar surface area (TPSA) is 249 Å². The van der Waals surface area contributed by atoms with E-state index >= 15 is 0 Å². The molecule has 0 bridgehead atoms. The molecule has 0 radical (unpaired) electrons. The van der Waals surface area contributed by atoms with Crippen LogP contribution in [0.3, 0.4) is 0 Å². The molecule has 0 aromatic carbocycles. The second kappa shape index (κ2) is 37.2. The van der Waals surface area contributed by atoms with Crippen molar-refractivity contribution in [2.75, 3.05) is 5.32 Å². The van der Waals surface area contributed by atoms with Gasteiger partial charge in [-0.3, -0.25) is 34.7 Å². The molecule has 16 rings (SSSR count). The van der Waals surface area contributed by atoms with Gasteiger partial charge in [-0.1, -0.05) is 63.2 Å². The van der Waals surface area contributed by atoms with Gasteiger partial charge in [0.25, 0.3) is 0 Å². The highest BCUT2D eigenvalue weighted by Crippen LogP contribution is 2.39. The minimum absolute atomic E-state index is 0.0935. The molecule has 2 aliphatic heterocycles. The first-order chi connectivity index (χ1) is 53.0. The van der Waals surface area contributed by atoms with Crippen molar-refractivity contribution >= 4 is 97.5 Å². The van der Waals surface area contributed by atoms with Gasteiger partial charge in [-0.05, 0) is 198 Å². The molecular formula is C83H79B2BrF4IN15O5. The van der Waals surface area contributed by atoms with E-state index in [0.717, 1.165) is 93.2 Å². The maximum atomic E-state index is 14.0. The summed E-state index contributed by atoms with van der Waals surface area (Å²) in [4.78, 5) is 67.4. The molecule has 2 saturated heterocycles. The molecule has 111 heavy (non-hydrogen) atoms. The van der Waals surface area contributed by atoms with E-state index in [9.17, 15) is 22.4 Å². The van der Waals surface area contributed by atoms with Crippen LogP contribution in [0, 0.1) is 39.7 Å². The Kier molecular flexibility index (Phi) is 27.7. The van der Waals surface area contributed by atoms with Crippen LogP contribution < -0.4 is 16.2 Å². The molecule has 2 fully saturated rings. The summed E-state index contributed by atoms with van der Waals surface area (Å²) in [6.45, 7) is 23.6. The van der Waals surface area contributed by atoms with E-state index in [2.05, 4.69) is 103 Å². The Morgan fingerprint density at radius 3 is 1.37 bits per heavy atom. The molecule has 20 nitrogen and oxygen atoms in total. The number of amides is 1. The predicted molar refractivity (Wildman–Crippen MR) is 437 cm³/mol. The zero-order valence-electron chi connectivity index (χ0n) is 62.9. The number of rotatable bonds is 8. The maximum Gasteiger partial charge on any atom is 0.498 e. The number of anilines is 1. The zero-order chi connectivity index (χ0) is 79.5. The zero-order valence-corrected chi connectivity index (χ0v) is 66.7. The number of carbonyl (C=O) groups is 1. The molecule has 14 aromatic heterocycles. The third-order valence-electron chi connectivity index (χ3n) is 18.0. The lowest BCUT2D eigenvalue weighted by molar-refractivity contribution is -0.123. The predicted octanol–water partition coefficient (Wildman–Crippen LogP) is 17.7. The Labute approximate surface area is 664 Å². The van der Waals surface area contributed by atoms with Gasteiger partial charge in [0, 0.05) is 204 Å². The minimum atomic E-state index is -0.547. The lowest BCUT2D eigenvalue weighted by Gasteiger charge is -2.32. The van der Waals surface area contributed by atoms with E-state index in [4.69, 9.17) is 18.6 Å². The number of aromatic nitrogens is 14. The highest BCUT2D eigenvalue weighted by molar-refractivity contribution is 14.1. The standard InChI is InChI=1S/C16H25BN2O3.C16H12FN3.C15H10N4.C11H16BNO2.C10H6FIN2.C10H7FN2.C5H3BrFN/c1-14(2,3)13(20)19-12-11(9-8-10-18-12)17-21-15(4,5)16(6,7)22-17;1-11-14(5-3-7-19-11)15-8-13(10-20-16(15)17)12-4-2-6-18-9-12;1-3-10(8-16-5-1)11-7-13-12-4-2-6-17-14(12)19-15(13)18-9-11;1-10(2)11(3,4)15-12(14-10)9-6-5-7-13-8-9;11-10-9(12)4-8(6-14-10)7-2-1-3-13-5-7;11-10-4-3-9(7-13-10)8-2-1-5-12-6-8;6-4-1-2-5(7)8-3-4/h8-10H,1-7H3,(H,18,19,20);2-10H,1H3;1-9H,(H,17,18,19);5-8H,1-4H3;1-6H;1-7H;1-3H. The molecule has 0 aliphatic carbocycles. The van der Waals surface area contributed by atoms with Crippen LogP contribution in [0.15, 0.2) is 256 Å². The lowest BCUT2D eigenvalue weighted by Crippen LogP contribution is -2.41. The first-order valence-corrected chi connectivity index (χ1v) is 36.8. The maximum absolute atomic E-state index is 14.0. The van der Waals surface area contributed by atoms with Crippen molar-refractivity contribution in [2.45, 2.75) is 105 Å². The van der Waals surface area contributed by atoms with Crippen LogP contribution in [0.4, 0.5) is 23.4 Å². The van der Waals surface area contributed by atoms with E-state index in [0.29, 0.717) is 15.0 Å². The van der Waals surface area contributed by atoms with Crippen LogP contribution in [0.25, 0.3) is 77.7 Å². The van der Waals surface area contributed by atoms with Crippen LogP contribution >= 0.6 is 38.5 Å². The average Bonchev–Trinajstić information content (AvgIpc) is 1.62. The van der Waals surface area contributed by atoms with Crippen molar-refractivity contribution in [2.24, 2.45) is 5.41 Å². The quantitative estimate of drug-likeness (QED) is 0.0621. The Morgan fingerprint density at radius 2 is 0.874 bits per heavy atom. The number of fused-ring (bicyclic) bond motifs is 3. The third kappa shape index (κ3) is 22.2. The molecule has 0 unspecified atom stereocenters. The molecule has 16 heterocycles. The fourth-order valence-corrected chi connectivity index (χ4v) is 11.1. The van der Waals surface area contributed by atoms with Crippen molar-refractivity contribution in [3.8, 4) is 55.6 Å². The van der Waals surface area contributed by atoms with Crippen molar-refractivity contribution < 1.29 is 41.0 Å². The van der Waals surface area contributed by atoms with Crippen LogP contribution in [0.2, 0.25) is 0 Å². The van der Waals surface area contributed by atoms with Gasteiger partial charge in [0.2, 0.25) is 29.7 Å². The van der Waals surface area contributed by atoms with E-state index in [-0.39, 0.29) is 24.2 Å². The van der Waals surface area contributed by atoms with Crippen LogP contribution in [0.1, 0.15) is 81.9 Å². The molecule has 14 aromatic rings. The number of aromatic amines is 1. The summed E-state index contributed by atoms with van der Waals surface area (Å²) in [5.74, 6) is -1.45. The number of nitrogens with zero attached hydrogens (tertiary/aromatic N) is 13. The number of pyridine rings is 13. The van der Waals surface area contributed by atoms with E-state index < -0.39 is 47.5 Å². The number of aryl methyl sites for hydroxylation is 1. The van der Waals surface area contributed by atoms with Gasteiger partial charge in [0.05, 0.1) is 26.0 Å². The molecule has 0 spiro atoms. The molecule has 1 amide bonds. The number of carbonyl (C=O) groups excluding carboxylic acids is 1. The van der Waals surface area contributed by atoms with Gasteiger partial charge in [-0.2, -0.15) is 17.6 Å². The van der Waals surface area contributed by atoms with Crippen molar-refractivity contribution in [3.05, 3.63) is 289 Å². The molecule has 564 valence electrons. The van der Waals surface area contributed by atoms with Gasteiger partial charge >= 0.3 is 14.2 Å². The van der Waals surface area contributed by atoms with E-state index in [1.807, 2.05) is 203 Å². The molecular weight excluding hydrogens is 1590 g/mol. The molecule has 2 aliphatic rings. The summed E-state index contributed by atoms with van der Waals surface area (Å²) in [7, 11) is -0.849. The third-order valence-corrected chi connectivity index (χ3v) is 19.2. The Hall–Kier alpha value is -10.9. The first-order valence-electron chi connectivity index (χ1n) is 34.9. The summed E-state index contributed by atoms with van der Waals surface area (Å²) in [6, 6.07) is 41.9. The SMILES string of the molecule is CC(C)(C)C(=O)Nc1ncccc1B1OC(C)(C)C(C)(C)O1.CC1(C)OB(c2cccnc2)OC1(C)C.Cc1ncccc1-c1cc(-c2cccnc2)cnc1F.Fc1ccc(-c2cccnc2)cn1.Fc1ccc(Br)cn1.Fc1ncc(-c2cccnc2)cc1I.c1cncc(-c2cnc3[nH]c4ncccc4c3c2)c1. The lowest BCUT2D eigenvalue weighted by atomic mass is 9.79. The Balaban J connectivity index is 0.000000140. The smallest absolute Gasteiger partial charge is 0.399 e. The van der Waals surface area contributed by atoms with Gasteiger partial charge < -0.3 is 28.9 Å². The Bertz CT molecular complexity index is 5320. The van der Waals surface area contributed by atoms with Gasteiger partial charge in [0.15, 0.2) is 0 Å². The fraction of sp³-hybridized carbons (Fsp3) is 0.205. The normalized spacial score (nSPS) is 14.0. The number of hydrogen-bond donors (Lipinski definition) is 2. The van der Waals surface area contributed by atoms with Gasteiger partial charge in [0.1, 0.15) is 17.1 Å². The summed E-state index contributed by atoms with van der Waals surface area (Å²) in [5.41, 5.74) is 11.0. The molecule has 28 heteroatoms. The van der Waals surface area contributed by atoms with Crippen LogP contribution in [-0.4, -0.2) is 112 Å². The second-order valence-corrected chi connectivity index (χ2v) is 30.2. The highest BCUT2D eigenvalue weighted by Gasteiger charge is 2.53. The van der Waals surface area contributed by atoms with Crippen molar-refractivity contribution in [1.29, 1.82) is 0 Å². The molecule has 0 saturated carbocycles. The average molecular weight is 1670 g/mol.